The van der Waals surface area contributed by atoms with E-state index in [1.54, 1.807) is 0 Å². The van der Waals surface area contributed by atoms with Gasteiger partial charge in [0.25, 0.3) is 5.91 Å². The summed E-state index contributed by atoms with van der Waals surface area (Å²) in [6.45, 7) is 6.06. The molecule has 4 aromatic rings. The van der Waals surface area contributed by atoms with Gasteiger partial charge in [0.15, 0.2) is 28.6 Å². The summed E-state index contributed by atoms with van der Waals surface area (Å²) in [6.07, 6.45) is 1.31. The predicted molar refractivity (Wildman–Crippen MR) is 206 cm³/mol. The SMILES string of the molecule is Cc1ccccc1CC(CNC(=O)c1nc(Cl)c(N)nc1N)CN(C(=O)OC1c2ccccc2-c2ccccc21)C(C)C1CCN(C(=O)CCN)CC1. The minimum atomic E-state index is -0.577. The molecule has 0 spiro atoms. The molecule has 2 aliphatic rings. The second-order valence-corrected chi connectivity index (χ2v) is 14.3. The van der Waals surface area contributed by atoms with E-state index in [0.717, 1.165) is 46.2 Å². The van der Waals surface area contributed by atoms with Gasteiger partial charge in [0.1, 0.15) is 0 Å². The van der Waals surface area contributed by atoms with Crippen LogP contribution in [0.4, 0.5) is 16.4 Å². The van der Waals surface area contributed by atoms with Gasteiger partial charge in [-0.3, -0.25) is 9.59 Å². The third kappa shape index (κ3) is 8.39. The molecule has 6 rings (SSSR count). The fourth-order valence-electron chi connectivity index (χ4n) is 7.54. The summed E-state index contributed by atoms with van der Waals surface area (Å²) < 4.78 is 6.50. The number of benzene rings is 3. The first kappa shape index (κ1) is 37.6. The Bertz CT molecular complexity index is 1920. The highest BCUT2D eigenvalue weighted by Crippen LogP contribution is 2.45. The Balaban J connectivity index is 1.29. The van der Waals surface area contributed by atoms with Crippen molar-refractivity contribution >= 4 is 41.1 Å². The minimum absolute atomic E-state index is 0.0511. The molecule has 3 amide bonds. The second-order valence-electron chi connectivity index (χ2n) is 13.9. The third-order valence-electron chi connectivity index (χ3n) is 10.6. The molecule has 1 aliphatic carbocycles. The van der Waals surface area contributed by atoms with E-state index in [1.165, 1.54) is 0 Å². The van der Waals surface area contributed by atoms with Crippen molar-refractivity contribution in [2.75, 3.05) is 44.2 Å². The number of rotatable bonds is 12. The van der Waals surface area contributed by atoms with Crippen molar-refractivity contribution in [3.63, 3.8) is 0 Å². The molecule has 13 heteroatoms. The number of halogens is 1. The van der Waals surface area contributed by atoms with Gasteiger partial charge in [-0.05, 0) is 67.2 Å². The molecule has 0 saturated carbocycles. The monoisotopic (exact) mass is 738 g/mol. The summed E-state index contributed by atoms with van der Waals surface area (Å²) in [6, 6.07) is 23.8. The minimum Gasteiger partial charge on any atom is -0.436 e. The maximum Gasteiger partial charge on any atom is 0.410 e. The molecule has 2 unspecified atom stereocenters. The Morgan fingerprint density at radius 2 is 1.57 bits per heavy atom. The predicted octanol–water partition coefficient (Wildman–Crippen LogP) is 5.38. The highest BCUT2D eigenvalue weighted by atomic mass is 35.5. The van der Waals surface area contributed by atoms with Crippen LogP contribution in [0.2, 0.25) is 5.15 Å². The maximum atomic E-state index is 14.7. The largest absolute Gasteiger partial charge is 0.436 e. The first-order valence-corrected chi connectivity index (χ1v) is 18.5. The van der Waals surface area contributed by atoms with E-state index in [2.05, 4.69) is 40.4 Å². The fourth-order valence-corrected chi connectivity index (χ4v) is 7.66. The Morgan fingerprint density at radius 3 is 2.21 bits per heavy atom. The van der Waals surface area contributed by atoms with Gasteiger partial charge in [-0.1, -0.05) is 84.4 Å². The van der Waals surface area contributed by atoms with E-state index in [-0.39, 0.29) is 59.4 Å². The zero-order valence-corrected chi connectivity index (χ0v) is 30.9. The number of nitrogen functional groups attached to an aromatic ring is 2. The number of ether oxygens (including phenoxy) is 1. The van der Waals surface area contributed by atoms with Crippen molar-refractivity contribution in [2.24, 2.45) is 17.6 Å². The van der Waals surface area contributed by atoms with Crippen molar-refractivity contribution < 1.29 is 19.1 Å². The number of fused-ring (bicyclic) bond motifs is 3. The fraction of sp³-hybridized carbons (Fsp3) is 0.375. The van der Waals surface area contributed by atoms with Gasteiger partial charge in [-0.15, -0.1) is 0 Å². The molecular formula is C40H47ClN8O4. The van der Waals surface area contributed by atoms with Crippen molar-refractivity contribution in [2.45, 2.75) is 51.7 Å². The summed E-state index contributed by atoms with van der Waals surface area (Å²) in [4.78, 5) is 52.4. The number of carbonyl (C=O) groups is 3. The van der Waals surface area contributed by atoms with Gasteiger partial charge >= 0.3 is 6.09 Å². The summed E-state index contributed by atoms with van der Waals surface area (Å²) in [5, 5.41) is 2.85. The average molecular weight is 739 g/mol. The lowest BCUT2D eigenvalue weighted by atomic mass is 9.88. The van der Waals surface area contributed by atoms with Crippen LogP contribution in [0, 0.1) is 18.8 Å². The standard InChI is InChI=1S/C40H47ClN8O4/c1-24-9-3-4-10-28(24)21-26(22-45-39(51)34-37(43)47-38(44)36(41)46-34)23-49(25(2)27-16-19-48(20-17-27)33(50)15-18-42)40(52)53-35-31-13-7-5-11-29(31)30-12-6-8-14-32(30)35/h3-14,25-27,35H,15-23,42H2,1-2H3,(H,45,51)(H4,43,44,47). The van der Waals surface area contributed by atoms with E-state index >= 15 is 0 Å². The van der Waals surface area contributed by atoms with Gasteiger partial charge < -0.3 is 37.1 Å². The Morgan fingerprint density at radius 1 is 0.943 bits per heavy atom. The Kier molecular flexibility index (Phi) is 11.8. The van der Waals surface area contributed by atoms with Gasteiger partial charge in [0, 0.05) is 56.3 Å². The van der Waals surface area contributed by atoms with Crippen LogP contribution in [-0.2, 0) is 16.0 Å². The smallest absolute Gasteiger partial charge is 0.410 e. The lowest BCUT2D eigenvalue weighted by Gasteiger charge is -2.41. The molecule has 53 heavy (non-hydrogen) atoms. The van der Waals surface area contributed by atoms with Crippen LogP contribution in [0.3, 0.4) is 0 Å². The lowest BCUT2D eigenvalue weighted by Crippen LogP contribution is -2.50. The van der Waals surface area contributed by atoms with Crippen LogP contribution >= 0.6 is 11.6 Å². The normalized spacial score (nSPS) is 15.3. The van der Waals surface area contributed by atoms with Crippen LogP contribution in [0.1, 0.15) is 65.0 Å². The summed E-state index contributed by atoms with van der Waals surface area (Å²) in [7, 11) is 0. The number of aromatic nitrogens is 2. The first-order valence-electron chi connectivity index (χ1n) is 18.1. The molecule has 3 aromatic carbocycles. The van der Waals surface area contributed by atoms with Gasteiger partial charge in [-0.25, -0.2) is 14.8 Å². The van der Waals surface area contributed by atoms with Crippen LogP contribution in [-0.4, -0.2) is 76.4 Å². The highest BCUT2D eigenvalue weighted by Gasteiger charge is 2.37. The summed E-state index contributed by atoms with van der Waals surface area (Å²) in [5.41, 5.74) is 23.4. The number of nitrogens with zero attached hydrogens (tertiary/aromatic N) is 4. The highest BCUT2D eigenvalue weighted by molar-refractivity contribution is 6.31. The van der Waals surface area contributed by atoms with Crippen molar-refractivity contribution in [3.05, 3.63) is 106 Å². The molecule has 0 bridgehead atoms. The van der Waals surface area contributed by atoms with E-state index in [0.29, 0.717) is 32.5 Å². The number of nitrogens with one attached hydrogen (secondary N) is 1. The number of hydrogen-bond acceptors (Lipinski definition) is 9. The number of anilines is 2. The number of carbonyl (C=O) groups excluding carboxylic acids is 3. The van der Waals surface area contributed by atoms with Gasteiger partial charge in [-0.2, -0.15) is 0 Å². The van der Waals surface area contributed by atoms with Gasteiger partial charge in [0.05, 0.1) is 0 Å². The number of amides is 3. The molecule has 12 nitrogen and oxygen atoms in total. The van der Waals surface area contributed by atoms with Crippen LogP contribution in [0.15, 0.2) is 72.8 Å². The summed E-state index contributed by atoms with van der Waals surface area (Å²) in [5.74, 6) is -0.843. The summed E-state index contributed by atoms with van der Waals surface area (Å²) >= 11 is 6.09. The molecule has 278 valence electrons. The molecule has 1 aromatic heterocycles. The van der Waals surface area contributed by atoms with Crippen molar-refractivity contribution in [1.82, 2.24) is 25.1 Å². The number of likely N-dealkylation sites (tertiary alicyclic amines) is 1. The zero-order valence-electron chi connectivity index (χ0n) is 30.1. The molecule has 1 fully saturated rings. The maximum absolute atomic E-state index is 14.7. The topological polar surface area (TPSA) is 183 Å². The van der Waals surface area contributed by atoms with Crippen molar-refractivity contribution in [3.8, 4) is 11.1 Å². The Hall–Kier alpha value is -5.20. The average Bonchev–Trinajstić information content (AvgIpc) is 3.47. The van der Waals surface area contributed by atoms with Crippen LogP contribution in [0.25, 0.3) is 11.1 Å². The van der Waals surface area contributed by atoms with Crippen LogP contribution in [0.5, 0.6) is 0 Å². The molecule has 2 heterocycles. The van der Waals surface area contributed by atoms with Crippen molar-refractivity contribution in [1.29, 1.82) is 0 Å². The molecule has 2 atom stereocenters. The molecule has 7 N–H and O–H groups in total. The number of piperidine rings is 1. The van der Waals surface area contributed by atoms with Crippen LogP contribution < -0.4 is 22.5 Å². The molecule has 0 radical (unpaired) electrons. The number of hydrogen-bond donors (Lipinski definition) is 4. The van der Waals surface area contributed by atoms with E-state index in [4.69, 9.17) is 33.5 Å². The van der Waals surface area contributed by atoms with Gasteiger partial charge in [0.2, 0.25) is 5.91 Å². The lowest BCUT2D eigenvalue weighted by molar-refractivity contribution is -0.132. The molecular weight excluding hydrogens is 692 g/mol. The second kappa shape index (κ2) is 16.6. The van der Waals surface area contributed by atoms with E-state index in [9.17, 15) is 14.4 Å². The third-order valence-corrected chi connectivity index (χ3v) is 10.8. The quantitative estimate of drug-likeness (QED) is 0.148. The Labute approximate surface area is 315 Å². The number of aryl methyl sites for hydroxylation is 1. The first-order chi connectivity index (χ1) is 25.5. The number of nitrogens with two attached hydrogens (primary N) is 3. The molecule has 1 saturated heterocycles. The van der Waals surface area contributed by atoms with E-state index in [1.807, 2.05) is 71.3 Å². The molecule has 1 aliphatic heterocycles. The zero-order chi connectivity index (χ0) is 37.6. The van der Waals surface area contributed by atoms with E-state index < -0.39 is 18.1 Å².